The van der Waals surface area contributed by atoms with Gasteiger partial charge < -0.3 is 15.8 Å². The second-order valence-electron chi connectivity index (χ2n) is 3.38. The summed E-state index contributed by atoms with van der Waals surface area (Å²) in [5.74, 6) is 1.20. The van der Waals surface area contributed by atoms with Gasteiger partial charge >= 0.3 is 0 Å². The van der Waals surface area contributed by atoms with E-state index >= 15 is 0 Å². The Morgan fingerprint density at radius 3 is 2.93 bits per heavy atom. The molecule has 0 amide bonds. The van der Waals surface area contributed by atoms with Gasteiger partial charge in [-0.15, -0.1) is 0 Å². The Balaban J connectivity index is 2.50. The molecule has 0 aliphatic carbocycles. The third-order valence-corrected chi connectivity index (χ3v) is 1.99. The first-order valence-corrected chi connectivity index (χ1v) is 5.02. The van der Waals surface area contributed by atoms with Crippen LogP contribution >= 0.6 is 11.6 Å². The average Bonchev–Trinajstić information content (AvgIpc) is 2.14. The molecule has 0 fully saturated rings. The van der Waals surface area contributed by atoms with Crippen LogP contribution < -0.4 is 11.1 Å². The molecular formula is C9H15ClN4O. The van der Waals surface area contributed by atoms with Crippen molar-refractivity contribution in [1.29, 1.82) is 0 Å². The number of nitrogens with zero attached hydrogens (tertiary/aromatic N) is 2. The zero-order chi connectivity index (χ0) is 11.3. The molecule has 1 aromatic heterocycles. The predicted molar refractivity (Wildman–Crippen MR) is 61.0 cm³/mol. The van der Waals surface area contributed by atoms with Crippen LogP contribution in [0.25, 0.3) is 0 Å². The molecule has 3 N–H and O–H groups in total. The van der Waals surface area contributed by atoms with Crippen LogP contribution in [0.4, 0.5) is 11.8 Å². The maximum atomic E-state index is 5.73. The molecule has 15 heavy (non-hydrogen) atoms. The minimum absolute atomic E-state index is 0.171. The highest BCUT2D eigenvalue weighted by atomic mass is 35.5. The van der Waals surface area contributed by atoms with Gasteiger partial charge in [-0.3, -0.25) is 0 Å². The monoisotopic (exact) mass is 230 g/mol. The van der Waals surface area contributed by atoms with Crippen molar-refractivity contribution in [2.75, 3.05) is 31.3 Å². The van der Waals surface area contributed by atoms with E-state index < -0.39 is 0 Å². The summed E-state index contributed by atoms with van der Waals surface area (Å²) in [5, 5.41) is 3.45. The van der Waals surface area contributed by atoms with Gasteiger partial charge in [0.15, 0.2) is 0 Å². The summed E-state index contributed by atoms with van der Waals surface area (Å²) < 4.78 is 5.02. The molecule has 6 heteroatoms. The maximum Gasteiger partial charge on any atom is 0.223 e. The van der Waals surface area contributed by atoms with Gasteiger partial charge in [0.1, 0.15) is 11.0 Å². The lowest BCUT2D eigenvalue weighted by Gasteiger charge is -2.11. The smallest absolute Gasteiger partial charge is 0.223 e. The summed E-state index contributed by atoms with van der Waals surface area (Å²) in [6, 6.07) is 1.64. The van der Waals surface area contributed by atoms with Crippen molar-refractivity contribution in [2.24, 2.45) is 5.92 Å². The molecule has 5 nitrogen and oxygen atoms in total. The molecule has 0 aliphatic heterocycles. The van der Waals surface area contributed by atoms with Gasteiger partial charge in [-0.1, -0.05) is 18.5 Å². The topological polar surface area (TPSA) is 73.1 Å². The van der Waals surface area contributed by atoms with Crippen molar-refractivity contribution >= 4 is 23.4 Å². The van der Waals surface area contributed by atoms with E-state index in [1.807, 2.05) is 0 Å². The van der Waals surface area contributed by atoms with Crippen LogP contribution in [0.5, 0.6) is 0 Å². The largest absolute Gasteiger partial charge is 0.384 e. The molecule has 0 aliphatic rings. The van der Waals surface area contributed by atoms with Gasteiger partial charge in [0, 0.05) is 19.7 Å². The number of methoxy groups -OCH3 is 1. The first-order chi connectivity index (χ1) is 7.11. The molecule has 0 saturated heterocycles. The lowest BCUT2D eigenvalue weighted by molar-refractivity contribution is 0.164. The summed E-state index contributed by atoms with van der Waals surface area (Å²) in [6.07, 6.45) is 0. The van der Waals surface area contributed by atoms with Crippen molar-refractivity contribution in [3.63, 3.8) is 0 Å². The number of nitrogens with two attached hydrogens (primary N) is 1. The SMILES string of the molecule is COCC(C)CNc1cc(Cl)nc(N)n1. The highest BCUT2D eigenvalue weighted by Gasteiger charge is 2.03. The molecule has 0 bridgehead atoms. The molecule has 1 unspecified atom stereocenters. The fourth-order valence-electron chi connectivity index (χ4n) is 1.15. The number of hydrogen-bond acceptors (Lipinski definition) is 5. The van der Waals surface area contributed by atoms with E-state index in [0.29, 0.717) is 23.5 Å². The second kappa shape index (κ2) is 5.72. The van der Waals surface area contributed by atoms with Gasteiger partial charge in [-0.25, -0.2) is 4.98 Å². The van der Waals surface area contributed by atoms with Crippen LogP contribution in [0.3, 0.4) is 0 Å². The number of anilines is 2. The molecule has 0 aromatic carbocycles. The predicted octanol–water partition coefficient (Wildman–Crippen LogP) is 1.41. The Labute approximate surface area is 94.0 Å². The Morgan fingerprint density at radius 1 is 1.60 bits per heavy atom. The number of aromatic nitrogens is 2. The average molecular weight is 231 g/mol. The first kappa shape index (κ1) is 12.0. The van der Waals surface area contributed by atoms with E-state index in [1.54, 1.807) is 13.2 Å². The minimum Gasteiger partial charge on any atom is -0.384 e. The van der Waals surface area contributed by atoms with Crippen molar-refractivity contribution in [3.05, 3.63) is 11.2 Å². The fraction of sp³-hybridized carbons (Fsp3) is 0.556. The summed E-state index contributed by atoms with van der Waals surface area (Å²) in [4.78, 5) is 7.76. The fourth-order valence-corrected chi connectivity index (χ4v) is 1.34. The second-order valence-corrected chi connectivity index (χ2v) is 3.76. The zero-order valence-corrected chi connectivity index (χ0v) is 9.58. The highest BCUT2D eigenvalue weighted by molar-refractivity contribution is 6.29. The molecule has 1 heterocycles. The summed E-state index contributed by atoms with van der Waals surface area (Å²) in [5.41, 5.74) is 5.45. The summed E-state index contributed by atoms with van der Waals surface area (Å²) >= 11 is 5.73. The van der Waals surface area contributed by atoms with Crippen molar-refractivity contribution in [3.8, 4) is 0 Å². The van der Waals surface area contributed by atoms with Crippen LogP contribution in [0, 0.1) is 5.92 Å². The van der Waals surface area contributed by atoms with Crippen molar-refractivity contribution < 1.29 is 4.74 Å². The number of ether oxygens (including phenoxy) is 1. The molecule has 84 valence electrons. The molecule has 1 aromatic rings. The standard InChI is InChI=1S/C9H15ClN4O/c1-6(5-15-2)4-12-8-3-7(10)13-9(11)14-8/h3,6H,4-5H2,1-2H3,(H3,11,12,13,14). The van der Waals surface area contributed by atoms with Crippen LogP contribution in [-0.2, 0) is 4.74 Å². The Morgan fingerprint density at radius 2 is 2.33 bits per heavy atom. The summed E-state index contributed by atoms with van der Waals surface area (Å²) in [6.45, 7) is 3.52. The molecule has 1 atom stereocenters. The summed E-state index contributed by atoms with van der Waals surface area (Å²) in [7, 11) is 1.68. The third kappa shape index (κ3) is 4.31. The number of nitrogens with one attached hydrogen (secondary N) is 1. The van der Waals surface area contributed by atoms with Crippen LogP contribution in [0.15, 0.2) is 6.07 Å². The van der Waals surface area contributed by atoms with Gasteiger partial charge in [0.05, 0.1) is 6.61 Å². The molecular weight excluding hydrogens is 216 g/mol. The van der Waals surface area contributed by atoms with Gasteiger partial charge in [-0.05, 0) is 5.92 Å². The highest BCUT2D eigenvalue weighted by Crippen LogP contribution is 2.12. The zero-order valence-electron chi connectivity index (χ0n) is 8.83. The molecule has 0 saturated carbocycles. The van der Waals surface area contributed by atoms with E-state index in [9.17, 15) is 0 Å². The third-order valence-electron chi connectivity index (χ3n) is 1.80. The molecule has 1 rings (SSSR count). The maximum absolute atomic E-state index is 5.73. The van der Waals surface area contributed by atoms with Crippen molar-refractivity contribution in [1.82, 2.24) is 9.97 Å². The van der Waals surface area contributed by atoms with Crippen LogP contribution in [0.2, 0.25) is 5.15 Å². The normalized spacial score (nSPS) is 12.5. The Kier molecular flexibility index (Phi) is 4.58. The number of nitrogen functional groups attached to an aromatic ring is 1. The van der Waals surface area contributed by atoms with E-state index in [2.05, 4.69) is 22.2 Å². The van der Waals surface area contributed by atoms with Gasteiger partial charge in [-0.2, -0.15) is 4.98 Å². The van der Waals surface area contributed by atoms with E-state index in [-0.39, 0.29) is 5.95 Å². The Hall–Kier alpha value is -1.07. The number of halogens is 1. The quantitative estimate of drug-likeness (QED) is 0.749. The van der Waals surface area contributed by atoms with Crippen molar-refractivity contribution in [2.45, 2.75) is 6.92 Å². The lowest BCUT2D eigenvalue weighted by Crippen LogP contribution is -2.16. The molecule has 0 spiro atoms. The van der Waals surface area contributed by atoms with E-state index in [1.165, 1.54) is 0 Å². The van der Waals surface area contributed by atoms with Gasteiger partial charge in [0.25, 0.3) is 0 Å². The number of hydrogen-bond donors (Lipinski definition) is 2. The van der Waals surface area contributed by atoms with E-state index in [4.69, 9.17) is 22.1 Å². The van der Waals surface area contributed by atoms with Crippen LogP contribution in [-0.4, -0.2) is 30.2 Å². The van der Waals surface area contributed by atoms with Crippen LogP contribution in [0.1, 0.15) is 6.92 Å². The molecule has 0 radical (unpaired) electrons. The Bertz CT molecular complexity index is 301. The van der Waals surface area contributed by atoms with E-state index in [0.717, 1.165) is 6.54 Å². The minimum atomic E-state index is 0.171. The first-order valence-electron chi connectivity index (χ1n) is 4.64. The lowest BCUT2D eigenvalue weighted by atomic mass is 10.2. The number of rotatable bonds is 5. The van der Waals surface area contributed by atoms with Gasteiger partial charge in [0.2, 0.25) is 5.95 Å².